The van der Waals surface area contributed by atoms with E-state index in [9.17, 15) is 4.39 Å². The lowest BCUT2D eigenvalue weighted by atomic mass is 10.0. The monoisotopic (exact) mass is 226 g/mol. The third-order valence-corrected chi connectivity index (χ3v) is 2.89. The molecule has 2 aromatic rings. The number of benzene rings is 2. The minimum Gasteiger partial charge on any atom is -0.399 e. The number of halogens is 1. The summed E-state index contributed by atoms with van der Waals surface area (Å²) in [5.41, 5.74) is 10.5. The maximum absolute atomic E-state index is 12.8. The molecule has 2 nitrogen and oxygen atoms in total. The molecule has 1 aliphatic rings. The van der Waals surface area contributed by atoms with Crippen LogP contribution in [0.3, 0.4) is 0 Å². The molecule has 0 aromatic heterocycles. The average Bonchev–Trinajstić information content (AvgIpc) is 2.72. The highest BCUT2D eigenvalue weighted by Crippen LogP contribution is 2.30. The summed E-state index contributed by atoms with van der Waals surface area (Å²) in [6, 6.07) is 12.1. The zero-order chi connectivity index (χ0) is 11.8. The van der Waals surface area contributed by atoms with Crippen LogP contribution in [0.1, 0.15) is 11.1 Å². The topological polar surface area (TPSA) is 38.4 Å². The molecule has 17 heavy (non-hydrogen) atoms. The Kier molecular flexibility index (Phi) is 2.18. The van der Waals surface area contributed by atoms with Gasteiger partial charge in [-0.3, -0.25) is 4.99 Å². The Labute approximate surface area is 98.6 Å². The van der Waals surface area contributed by atoms with E-state index in [0.717, 1.165) is 34.6 Å². The van der Waals surface area contributed by atoms with E-state index in [2.05, 4.69) is 4.99 Å². The molecule has 2 aromatic carbocycles. The van der Waals surface area contributed by atoms with Gasteiger partial charge >= 0.3 is 0 Å². The van der Waals surface area contributed by atoms with Crippen LogP contribution in [0.4, 0.5) is 15.8 Å². The van der Waals surface area contributed by atoms with Gasteiger partial charge in [0.2, 0.25) is 0 Å². The minimum absolute atomic E-state index is 0.228. The standard InChI is InChI=1S/C14H11FN2/c15-11-3-1-9(2-4-11)14-8-10-7-12(16)5-6-13(10)17-14/h1-7H,8,16H2. The van der Waals surface area contributed by atoms with Gasteiger partial charge in [0, 0.05) is 12.1 Å². The molecule has 0 bridgehead atoms. The van der Waals surface area contributed by atoms with Crippen LogP contribution in [0.25, 0.3) is 0 Å². The molecule has 0 atom stereocenters. The number of fused-ring (bicyclic) bond motifs is 1. The van der Waals surface area contributed by atoms with Gasteiger partial charge in [0.15, 0.2) is 0 Å². The SMILES string of the molecule is Nc1ccc2c(c1)CC(c1ccc(F)cc1)=N2. The van der Waals surface area contributed by atoms with Gasteiger partial charge in [-0.05, 0) is 41.5 Å². The van der Waals surface area contributed by atoms with E-state index >= 15 is 0 Å². The van der Waals surface area contributed by atoms with Crippen molar-refractivity contribution in [3.63, 3.8) is 0 Å². The summed E-state index contributed by atoms with van der Waals surface area (Å²) in [5, 5.41) is 0. The summed E-state index contributed by atoms with van der Waals surface area (Å²) in [5.74, 6) is -0.228. The molecule has 0 unspecified atom stereocenters. The quantitative estimate of drug-likeness (QED) is 0.745. The highest BCUT2D eigenvalue weighted by atomic mass is 19.1. The molecule has 0 aliphatic carbocycles. The molecule has 3 rings (SSSR count). The molecule has 1 aliphatic heterocycles. The van der Waals surface area contributed by atoms with Crippen molar-refractivity contribution in [3.05, 3.63) is 59.4 Å². The van der Waals surface area contributed by atoms with Crippen LogP contribution in [0, 0.1) is 5.82 Å². The van der Waals surface area contributed by atoms with Gasteiger partial charge in [0.1, 0.15) is 5.82 Å². The number of nitrogen functional groups attached to an aromatic ring is 1. The molecule has 3 heteroatoms. The van der Waals surface area contributed by atoms with E-state index in [1.165, 1.54) is 12.1 Å². The second kappa shape index (κ2) is 3.70. The number of nitrogens with two attached hydrogens (primary N) is 1. The first-order chi connectivity index (χ1) is 8.22. The van der Waals surface area contributed by atoms with E-state index in [0.29, 0.717) is 0 Å². The Morgan fingerprint density at radius 1 is 1.06 bits per heavy atom. The van der Waals surface area contributed by atoms with E-state index in [1.54, 1.807) is 12.1 Å². The minimum atomic E-state index is -0.228. The molecule has 0 saturated carbocycles. The largest absolute Gasteiger partial charge is 0.399 e. The third kappa shape index (κ3) is 1.80. The predicted octanol–water partition coefficient (Wildman–Crippen LogP) is 3.08. The molecule has 1 heterocycles. The van der Waals surface area contributed by atoms with Crippen molar-refractivity contribution in [2.45, 2.75) is 6.42 Å². The lowest BCUT2D eigenvalue weighted by molar-refractivity contribution is 0.628. The molecular weight excluding hydrogens is 215 g/mol. The molecule has 0 amide bonds. The highest BCUT2D eigenvalue weighted by molar-refractivity contribution is 6.06. The molecule has 0 spiro atoms. The summed E-state index contributed by atoms with van der Waals surface area (Å²) in [7, 11) is 0. The van der Waals surface area contributed by atoms with Gasteiger partial charge in [0.05, 0.1) is 11.4 Å². The molecular formula is C14H11FN2. The van der Waals surface area contributed by atoms with E-state index in [1.807, 2.05) is 18.2 Å². The van der Waals surface area contributed by atoms with Crippen molar-refractivity contribution < 1.29 is 4.39 Å². The fourth-order valence-corrected chi connectivity index (χ4v) is 2.03. The summed E-state index contributed by atoms with van der Waals surface area (Å²) in [6.07, 6.45) is 0.756. The lowest BCUT2D eigenvalue weighted by Gasteiger charge is -2.00. The number of nitrogens with zero attached hydrogens (tertiary/aromatic N) is 1. The van der Waals surface area contributed by atoms with Crippen molar-refractivity contribution >= 4 is 17.1 Å². The van der Waals surface area contributed by atoms with E-state index in [-0.39, 0.29) is 5.82 Å². The Hall–Kier alpha value is -2.16. The van der Waals surface area contributed by atoms with Gasteiger partial charge in [-0.1, -0.05) is 12.1 Å². The number of anilines is 1. The van der Waals surface area contributed by atoms with Gasteiger partial charge in [-0.15, -0.1) is 0 Å². The van der Waals surface area contributed by atoms with Crippen LogP contribution < -0.4 is 5.73 Å². The summed E-state index contributed by atoms with van der Waals surface area (Å²) in [4.78, 5) is 4.53. The summed E-state index contributed by atoms with van der Waals surface area (Å²) >= 11 is 0. The number of hydrogen-bond donors (Lipinski definition) is 1. The predicted molar refractivity (Wildman–Crippen MR) is 67.2 cm³/mol. The van der Waals surface area contributed by atoms with Crippen LogP contribution >= 0.6 is 0 Å². The first-order valence-electron chi connectivity index (χ1n) is 5.44. The fraction of sp³-hybridized carbons (Fsp3) is 0.0714. The normalized spacial score (nSPS) is 13.4. The fourth-order valence-electron chi connectivity index (χ4n) is 2.03. The molecule has 0 radical (unpaired) electrons. The van der Waals surface area contributed by atoms with Gasteiger partial charge in [-0.25, -0.2) is 4.39 Å². The van der Waals surface area contributed by atoms with Gasteiger partial charge in [0.25, 0.3) is 0 Å². The zero-order valence-electron chi connectivity index (χ0n) is 9.15. The maximum Gasteiger partial charge on any atom is 0.123 e. The van der Waals surface area contributed by atoms with Crippen LogP contribution in [0.2, 0.25) is 0 Å². The molecule has 2 N–H and O–H groups in total. The van der Waals surface area contributed by atoms with Crippen molar-refractivity contribution in [3.8, 4) is 0 Å². The third-order valence-electron chi connectivity index (χ3n) is 2.89. The summed E-state index contributed by atoms with van der Waals surface area (Å²) in [6.45, 7) is 0. The first kappa shape index (κ1) is 10.0. The second-order valence-corrected chi connectivity index (χ2v) is 4.13. The Bertz CT molecular complexity index is 600. The maximum atomic E-state index is 12.8. The number of aliphatic imine (C=N–C) groups is 1. The molecule has 0 fully saturated rings. The van der Waals surface area contributed by atoms with Gasteiger partial charge < -0.3 is 5.73 Å². The number of rotatable bonds is 1. The second-order valence-electron chi connectivity index (χ2n) is 4.13. The van der Waals surface area contributed by atoms with E-state index in [4.69, 9.17) is 5.73 Å². The summed E-state index contributed by atoms with van der Waals surface area (Å²) < 4.78 is 12.8. The molecule has 0 saturated heterocycles. The highest BCUT2D eigenvalue weighted by Gasteiger charge is 2.15. The van der Waals surface area contributed by atoms with Crippen LogP contribution in [-0.4, -0.2) is 5.71 Å². The Balaban J connectivity index is 1.97. The van der Waals surface area contributed by atoms with Crippen LogP contribution in [0.5, 0.6) is 0 Å². The molecule has 84 valence electrons. The Morgan fingerprint density at radius 2 is 1.82 bits per heavy atom. The first-order valence-corrected chi connectivity index (χ1v) is 5.44. The van der Waals surface area contributed by atoms with E-state index < -0.39 is 0 Å². The smallest absolute Gasteiger partial charge is 0.123 e. The van der Waals surface area contributed by atoms with Crippen molar-refractivity contribution in [2.75, 3.05) is 5.73 Å². The van der Waals surface area contributed by atoms with Crippen molar-refractivity contribution in [2.24, 2.45) is 4.99 Å². The van der Waals surface area contributed by atoms with Crippen molar-refractivity contribution in [1.29, 1.82) is 0 Å². The number of hydrogen-bond acceptors (Lipinski definition) is 2. The van der Waals surface area contributed by atoms with Crippen LogP contribution in [-0.2, 0) is 6.42 Å². The Morgan fingerprint density at radius 3 is 2.59 bits per heavy atom. The van der Waals surface area contributed by atoms with Crippen LogP contribution in [0.15, 0.2) is 47.5 Å². The zero-order valence-corrected chi connectivity index (χ0v) is 9.15. The lowest BCUT2D eigenvalue weighted by Crippen LogP contribution is -2.00. The van der Waals surface area contributed by atoms with Gasteiger partial charge in [-0.2, -0.15) is 0 Å². The average molecular weight is 226 g/mol. The van der Waals surface area contributed by atoms with Crippen molar-refractivity contribution in [1.82, 2.24) is 0 Å².